The number of ether oxygens (including phenoxy) is 2. The van der Waals surface area contributed by atoms with E-state index in [4.69, 9.17) is 20.3 Å². The normalized spacial score (nSPS) is 24.4. The average Bonchev–Trinajstić information content (AvgIpc) is 3.04. The molecule has 1 aromatic carbocycles. The molecule has 3 aliphatic heterocycles. The second-order valence-electron chi connectivity index (χ2n) is 7.31. The predicted molar refractivity (Wildman–Crippen MR) is 112 cm³/mol. The Hall–Kier alpha value is -3.33. The molecule has 8 heteroatoms. The maximum absolute atomic E-state index is 12.4. The van der Waals surface area contributed by atoms with E-state index in [1.54, 1.807) is 23.5 Å². The Balaban J connectivity index is 1.37. The Morgan fingerprint density at radius 1 is 1.30 bits per heavy atom. The number of rotatable bonds is 5. The van der Waals surface area contributed by atoms with Crippen molar-refractivity contribution in [1.82, 2.24) is 4.90 Å². The molecule has 30 heavy (non-hydrogen) atoms. The number of morpholine rings is 1. The van der Waals surface area contributed by atoms with Crippen molar-refractivity contribution in [2.45, 2.75) is 0 Å². The van der Waals surface area contributed by atoms with E-state index in [0.29, 0.717) is 37.9 Å². The van der Waals surface area contributed by atoms with Crippen LogP contribution in [0.2, 0.25) is 0 Å². The second-order valence-corrected chi connectivity index (χ2v) is 7.31. The van der Waals surface area contributed by atoms with E-state index in [0.717, 1.165) is 22.5 Å². The number of amidine groups is 1. The topological polar surface area (TPSA) is 89.5 Å². The van der Waals surface area contributed by atoms with Gasteiger partial charge in [0.1, 0.15) is 17.6 Å². The third-order valence-corrected chi connectivity index (χ3v) is 5.44. The number of fused-ring (bicyclic) bond motifs is 1. The van der Waals surface area contributed by atoms with Crippen molar-refractivity contribution in [3.05, 3.63) is 77.4 Å². The van der Waals surface area contributed by atoms with E-state index in [2.05, 4.69) is 4.99 Å². The molecule has 0 bridgehead atoms. The Morgan fingerprint density at radius 2 is 2.13 bits per heavy atom. The van der Waals surface area contributed by atoms with Gasteiger partial charge in [-0.3, -0.25) is 9.79 Å². The van der Waals surface area contributed by atoms with Gasteiger partial charge in [-0.15, -0.1) is 4.59 Å². The minimum atomic E-state index is -0.0554. The molecule has 1 amide bonds. The first kappa shape index (κ1) is 18.7. The fourth-order valence-electron chi connectivity index (χ4n) is 3.72. The van der Waals surface area contributed by atoms with Gasteiger partial charge < -0.3 is 14.4 Å². The highest BCUT2D eigenvalue weighted by Crippen LogP contribution is 2.36. The Kier molecular flexibility index (Phi) is 4.66. The molecule has 0 radical (unpaired) electrons. The van der Waals surface area contributed by atoms with E-state index >= 15 is 0 Å². The van der Waals surface area contributed by atoms with Crippen molar-refractivity contribution in [3.8, 4) is 5.75 Å². The van der Waals surface area contributed by atoms with Crippen LogP contribution < -0.4 is 10.6 Å². The maximum atomic E-state index is 12.4. The third-order valence-electron chi connectivity index (χ3n) is 5.44. The van der Waals surface area contributed by atoms with Crippen LogP contribution in [0.4, 0.5) is 0 Å². The number of hydrogen-bond acceptors (Lipinski definition) is 6. The zero-order chi connectivity index (χ0) is 20.6. The number of aliphatic imine (C=N–C) groups is 2. The summed E-state index contributed by atoms with van der Waals surface area (Å²) in [6.45, 7) is 2.32. The van der Waals surface area contributed by atoms with Gasteiger partial charge in [-0.2, -0.15) is 10.8 Å². The second kappa shape index (κ2) is 7.49. The molecule has 2 N–H and O–H groups in total. The molecule has 1 unspecified atom stereocenters. The Morgan fingerprint density at radius 3 is 2.90 bits per heavy atom. The summed E-state index contributed by atoms with van der Waals surface area (Å²) in [4.78, 5) is 23.2. The van der Waals surface area contributed by atoms with Gasteiger partial charge >= 0.3 is 0 Å². The van der Waals surface area contributed by atoms with Crippen LogP contribution in [0.25, 0.3) is 0 Å². The number of nitrogens with zero attached hydrogens (tertiary/aromatic N) is 4. The van der Waals surface area contributed by atoms with Crippen molar-refractivity contribution in [2.24, 2.45) is 15.8 Å². The number of amides is 1. The number of nitrogens with two attached hydrogens (primary N) is 1. The highest BCUT2D eigenvalue weighted by atomic mass is 16.5. The van der Waals surface area contributed by atoms with E-state index in [1.165, 1.54) is 0 Å². The molecule has 0 saturated carbocycles. The molecule has 5 rings (SSSR count). The van der Waals surface area contributed by atoms with E-state index in [1.807, 2.05) is 42.5 Å². The van der Waals surface area contributed by atoms with Gasteiger partial charge in [-0.25, -0.2) is 0 Å². The molecule has 4 aliphatic rings. The van der Waals surface area contributed by atoms with Gasteiger partial charge in [0.05, 0.1) is 31.2 Å². The van der Waals surface area contributed by atoms with Crippen molar-refractivity contribution >= 4 is 18.0 Å². The lowest BCUT2D eigenvalue weighted by Gasteiger charge is -2.27. The SMILES string of the molecule is N[N+]12C=CN=CC1=C(C1=CC=C1)N=C2c1cccc(OCC(=O)N2CCOCC2)c1. The number of carbonyl (C=O) groups is 1. The van der Waals surface area contributed by atoms with Crippen LogP contribution in [-0.2, 0) is 9.53 Å². The van der Waals surface area contributed by atoms with E-state index in [9.17, 15) is 4.79 Å². The Labute approximate surface area is 174 Å². The summed E-state index contributed by atoms with van der Waals surface area (Å²) < 4.78 is 11.0. The van der Waals surface area contributed by atoms with Crippen LogP contribution in [0, 0.1) is 0 Å². The lowest BCUT2D eigenvalue weighted by molar-refractivity contribution is -0.750. The number of allylic oxidation sites excluding steroid dienone is 4. The largest absolute Gasteiger partial charge is 0.484 e. The summed E-state index contributed by atoms with van der Waals surface area (Å²) in [5, 5.41) is 0. The summed E-state index contributed by atoms with van der Waals surface area (Å²) in [6, 6.07) is 7.50. The monoisotopic (exact) mass is 404 g/mol. The first-order chi connectivity index (χ1) is 14.6. The van der Waals surface area contributed by atoms with Crippen molar-refractivity contribution in [3.63, 3.8) is 0 Å². The van der Waals surface area contributed by atoms with Crippen LogP contribution in [0.5, 0.6) is 5.75 Å². The molecule has 1 atom stereocenters. The zero-order valence-electron chi connectivity index (χ0n) is 16.4. The molecule has 152 valence electrons. The molecule has 1 saturated heterocycles. The van der Waals surface area contributed by atoms with E-state index < -0.39 is 0 Å². The van der Waals surface area contributed by atoms with Crippen molar-refractivity contribution in [2.75, 3.05) is 32.9 Å². The molecule has 1 aromatic rings. The van der Waals surface area contributed by atoms with Gasteiger partial charge in [0.25, 0.3) is 11.7 Å². The van der Waals surface area contributed by atoms with Gasteiger partial charge in [0.2, 0.25) is 5.70 Å². The number of benzene rings is 1. The quantitative estimate of drug-likeness (QED) is 0.597. The molecule has 3 heterocycles. The van der Waals surface area contributed by atoms with Gasteiger partial charge in [0, 0.05) is 18.7 Å². The summed E-state index contributed by atoms with van der Waals surface area (Å²) in [5.74, 6) is 7.94. The smallest absolute Gasteiger partial charge is 0.265 e. The minimum Gasteiger partial charge on any atom is -0.484 e. The number of quaternary nitrogens is 1. The third kappa shape index (κ3) is 3.21. The summed E-state index contributed by atoms with van der Waals surface area (Å²) >= 11 is 0. The first-order valence-electron chi connectivity index (χ1n) is 9.85. The molecule has 0 spiro atoms. The lowest BCUT2D eigenvalue weighted by Crippen LogP contribution is -2.53. The Bertz CT molecular complexity index is 1080. The highest BCUT2D eigenvalue weighted by Gasteiger charge is 2.44. The van der Waals surface area contributed by atoms with Gasteiger partial charge in [0.15, 0.2) is 6.61 Å². The van der Waals surface area contributed by atoms with E-state index in [-0.39, 0.29) is 17.1 Å². The standard InChI is InChI=1S/C22H22N5O3/c23-27-10-7-24-14-19(27)21(16-3-1-4-16)25-22(27)17-5-2-6-18(13-17)30-15-20(28)26-8-11-29-12-9-26/h1-7,10,13-14H,8-9,11-12,15,23H2/q+1. The lowest BCUT2D eigenvalue weighted by atomic mass is 10.0. The molecule has 0 aromatic heterocycles. The minimum absolute atomic E-state index is 0.0163. The van der Waals surface area contributed by atoms with Crippen LogP contribution in [-0.4, -0.2) is 60.4 Å². The average molecular weight is 404 g/mol. The molecular formula is C22H22N5O3+. The van der Waals surface area contributed by atoms with Gasteiger partial charge in [-0.1, -0.05) is 24.3 Å². The van der Waals surface area contributed by atoms with Crippen molar-refractivity contribution in [1.29, 1.82) is 0 Å². The zero-order valence-corrected chi connectivity index (χ0v) is 16.4. The van der Waals surface area contributed by atoms with Crippen LogP contribution in [0.15, 0.2) is 81.8 Å². The molecule has 8 nitrogen and oxygen atoms in total. The van der Waals surface area contributed by atoms with Gasteiger partial charge in [-0.05, 0) is 18.2 Å². The molecule has 1 fully saturated rings. The van der Waals surface area contributed by atoms with Crippen LogP contribution in [0.3, 0.4) is 0 Å². The highest BCUT2D eigenvalue weighted by molar-refractivity contribution is 6.01. The molecular weight excluding hydrogens is 382 g/mol. The fourth-order valence-corrected chi connectivity index (χ4v) is 3.72. The molecule has 1 aliphatic carbocycles. The van der Waals surface area contributed by atoms with Crippen LogP contribution in [0.1, 0.15) is 5.56 Å². The maximum Gasteiger partial charge on any atom is 0.265 e. The summed E-state index contributed by atoms with van der Waals surface area (Å²) in [5.41, 5.74) is 3.48. The number of carbonyl (C=O) groups excluding carboxylic acids is 1. The summed E-state index contributed by atoms with van der Waals surface area (Å²) in [6.07, 6.45) is 11.2. The first-order valence-corrected chi connectivity index (χ1v) is 9.85. The number of hydrogen-bond donors (Lipinski definition) is 1. The predicted octanol–water partition coefficient (Wildman–Crippen LogP) is 1.64. The van der Waals surface area contributed by atoms with Crippen molar-refractivity contribution < 1.29 is 18.9 Å². The fraction of sp³-hybridized carbons (Fsp3) is 0.227. The van der Waals surface area contributed by atoms with Crippen LogP contribution >= 0.6 is 0 Å². The summed E-state index contributed by atoms with van der Waals surface area (Å²) in [7, 11) is 0.